The molecule has 2 aromatic rings. The third-order valence-electron chi connectivity index (χ3n) is 1.77. The quantitative estimate of drug-likeness (QED) is 0.381. The van der Waals surface area contributed by atoms with Crippen LogP contribution in [0.2, 0.25) is 0 Å². The minimum absolute atomic E-state index is 0.154. The average molecular weight is 204 g/mol. The zero-order valence-corrected chi connectivity index (χ0v) is 7.66. The average Bonchev–Trinajstić information content (AvgIpc) is 2.78. The minimum Gasteiger partial charge on any atom is -0.289 e. The number of carbonyl (C=O) groups is 1. The van der Waals surface area contributed by atoms with Gasteiger partial charge in [-0.2, -0.15) is 0 Å². The standard InChI is InChI=1S/C8H8N6O/c9-11-8(15)7-5-14(13-12-7)6-2-1-3-10-4-6/h1-5H,9H2,(H,11,15). The lowest BCUT2D eigenvalue weighted by Gasteiger charge is -1.96. The number of pyridine rings is 1. The smallest absolute Gasteiger partial charge is 0.287 e. The molecule has 0 saturated heterocycles. The molecule has 0 fully saturated rings. The van der Waals surface area contributed by atoms with Crippen molar-refractivity contribution in [3.8, 4) is 5.69 Å². The maximum atomic E-state index is 11.1. The fourth-order valence-electron chi connectivity index (χ4n) is 1.06. The van der Waals surface area contributed by atoms with E-state index in [1.807, 2.05) is 5.43 Å². The van der Waals surface area contributed by atoms with Gasteiger partial charge in [-0.3, -0.25) is 15.2 Å². The molecule has 7 heteroatoms. The second-order valence-electron chi connectivity index (χ2n) is 2.73. The molecule has 0 atom stereocenters. The third-order valence-corrected chi connectivity index (χ3v) is 1.77. The third kappa shape index (κ3) is 1.81. The predicted molar refractivity (Wildman–Crippen MR) is 50.8 cm³/mol. The monoisotopic (exact) mass is 204 g/mol. The summed E-state index contributed by atoms with van der Waals surface area (Å²) in [4.78, 5) is 15.0. The fraction of sp³-hybridized carbons (Fsp3) is 0. The van der Waals surface area contributed by atoms with Crippen LogP contribution < -0.4 is 11.3 Å². The molecule has 2 rings (SSSR count). The number of rotatable bonds is 2. The van der Waals surface area contributed by atoms with Crippen LogP contribution in [0.5, 0.6) is 0 Å². The van der Waals surface area contributed by atoms with Crippen LogP contribution in [0.15, 0.2) is 30.7 Å². The van der Waals surface area contributed by atoms with E-state index in [0.717, 1.165) is 5.69 Å². The first-order valence-corrected chi connectivity index (χ1v) is 4.15. The van der Waals surface area contributed by atoms with Gasteiger partial charge in [0.15, 0.2) is 5.69 Å². The van der Waals surface area contributed by atoms with Gasteiger partial charge in [-0.1, -0.05) is 5.21 Å². The van der Waals surface area contributed by atoms with Crippen molar-refractivity contribution in [3.05, 3.63) is 36.4 Å². The molecule has 2 aromatic heterocycles. The van der Waals surface area contributed by atoms with Crippen LogP contribution in [0.1, 0.15) is 10.5 Å². The van der Waals surface area contributed by atoms with Crippen LogP contribution in [0, 0.1) is 0 Å². The summed E-state index contributed by atoms with van der Waals surface area (Å²) in [7, 11) is 0. The van der Waals surface area contributed by atoms with Gasteiger partial charge >= 0.3 is 0 Å². The summed E-state index contributed by atoms with van der Waals surface area (Å²) in [6.45, 7) is 0. The van der Waals surface area contributed by atoms with E-state index in [1.54, 1.807) is 24.5 Å². The Morgan fingerprint density at radius 3 is 3.07 bits per heavy atom. The maximum Gasteiger partial charge on any atom is 0.287 e. The molecule has 0 radical (unpaired) electrons. The number of nitrogens with one attached hydrogen (secondary N) is 1. The number of amides is 1. The number of hydrazine groups is 1. The Morgan fingerprint density at radius 1 is 1.53 bits per heavy atom. The SMILES string of the molecule is NNC(=O)c1cn(-c2cccnc2)nn1. The minimum atomic E-state index is -0.481. The summed E-state index contributed by atoms with van der Waals surface area (Å²) < 4.78 is 1.44. The molecular formula is C8H8N6O. The normalized spacial score (nSPS) is 9.93. The molecule has 0 aliphatic rings. The van der Waals surface area contributed by atoms with E-state index in [2.05, 4.69) is 15.3 Å². The highest BCUT2D eigenvalue weighted by Gasteiger charge is 2.09. The van der Waals surface area contributed by atoms with Gasteiger partial charge in [0, 0.05) is 6.20 Å². The van der Waals surface area contributed by atoms with Gasteiger partial charge in [0.25, 0.3) is 5.91 Å². The molecule has 0 unspecified atom stereocenters. The molecule has 1 amide bonds. The molecule has 0 spiro atoms. The van der Waals surface area contributed by atoms with Crippen molar-refractivity contribution in [2.24, 2.45) is 5.84 Å². The Hall–Kier alpha value is -2.28. The van der Waals surface area contributed by atoms with Crippen LogP contribution >= 0.6 is 0 Å². The Kier molecular flexibility index (Phi) is 2.38. The van der Waals surface area contributed by atoms with Crippen LogP contribution in [0.3, 0.4) is 0 Å². The van der Waals surface area contributed by atoms with Gasteiger partial charge in [0.2, 0.25) is 0 Å². The number of nitrogens with two attached hydrogens (primary N) is 1. The first-order valence-electron chi connectivity index (χ1n) is 4.15. The van der Waals surface area contributed by atoms with E-state index in [4.69, 9.17) is 5.84 Å². The lowest BCUT2D eigenvalue weighted by molar-refractivity contribution is 0.0948. The van der Waals surface area contributed by atoms with E-state index in [1.165, 1.54) is 10.9 Å². The van der Waals surface area contributed by atoms with Gasteiger partial charge < -0.3 is 0 Å². The highest BCUT2D eigenvalue weighted by atomic mass is 16.2. The molecule has 2 heterocycles. The van der Waals surface area contributed by atoms with Gasteiger partial charge in [0.05, 0.1) is 18.1 Å². The van der Waals surface area contributed by atoms with Crippen LogP contribution in [-0.2, 0) is 0 Å². The molecule has 0 saturated carbocycles. The van der Waals surface area contributed by atoms with E-state index in [-0.39, 0.29) is 5.69 Å². The molecule has 0 bridgehead atoms. The van der Waals surface area contributed by atoms with Crippen molar-refractivity contribution in [2.45, 2.75) is 0 Å². The van der Waals surface area contributed by atoms with Gasteiger partial charge in [-0.15, -0.1) is 5.10 Å². The topological polar surface area (TPSA) is 98.7 Å². The number of nitrogen functional groups attached to an aromatic ring is 1. The summed E-state index contributed by atoms with van der Waals surface area (Å²) in [6.07, 6.45) is 4.73. The fourth-order valence-corrected chi connectivity index (χ4v) is 1.06. The number of aromatic nitrogens is 4. The molecule has 76 valence electrons. The Labute approximate surface area is 84.9 Å². The van der Waals surface area contributed by atoms with Crippen LogP contribution in [0.25, 0.3) is 5.69 Å². The number of hydrogen-bond donors (Lipinski definition) is 2. The molecule has 0 aromatic carbocycles. The summed E-state index contributed by atoms with van der Waals surface area (Å²) in [5.74, 6) is 4.48. The zero-order valence-electron chi connectivity index (χ0n) is 7.66. The molecule has 0 aliphatic carbocycles. The van der Waals surface area contributed by atoms with Crippen molar-refractivity contribution in [3.63, 3.8) is 0 Å². The van der Waals surface area contributed by atoms with Gasteiger partial charge in [-0.25, -0.2) is 10.5 Å². The van der Waals surface area contributed by atoms with Crippen molar-refractivity contribution in [1.82, 2.24) is 25.4 Å². The Morgan fingerprint density at radius 2 is 2.40 bits per heavy atom. The summed E-state index contributed by atoms with van der Waals surface area (Å²) in [6, 6.07) is 3.56. The second-order valence-corrected chi connectivity index (χ2v) is 2.73. The lowest BCUT2D eigenvalue weighted by atomic mass is 10.4. The van der Waals surface area contributed by atoms with E-state index < -0.39 is 5.91 Å². The van der Waals surface area contributed by atoms with Crippen molar-refractivity contribution in [2.75, 3.05) is 0 Å². The van der Waals surface area contributed by atoms with Crippen LogP contribution in [-0.4, -0.2) is 25.9 Å². The van der Waals surface area contributed by atoms with Gasteiger partial charge in [0.1, 0.15) is 0 Å². The van der Waals surface area contributed by atoms with Crippen molar-refractivity contribution in [1.29, 1.82) is 0 Å². The molecule has 0 aliphatic heterocycles. The van der Waals surface area contributed by atoms with Gasteiger partial charge in [-0.05, 0) is 12.1 Å². The number of carbonyl (C=O) groups excluding carboxylic acids is 1. The first-order chi connectivity index (χ1) is 7.31. The van der Waals surface area contributed by atoms with E-state index >= 15 is 0 Å². The zero-order chi connectivity index (χ0) is 10.7. The highest BCUT2D eigenvalue weighted by Crippen LogP contribution is 2.03. The molecule has 7 nitrogen and oxygen atoms in total. The molecule has 15 heavy (non-hydrogen) atoms. The maximum absolute atomic E-state index is 11.1. The van der Waals surface area contributed by atoms with Crippen molar-refractivity contribution >= 4 is 5.91 Å². The molecule has 3 N–H and O–H groups in total. The summed E-state index contributed by atoms with van der Waals surface area (Å²) in [5, 5.41) is 7.42. The van der Waals surface area contributed by atoms with E-state index in [0.29, 0.717) is 0 Å². The number of hydrogen-bond acceptors (Lipinski definition) is 5. The largest absolute Gasteiger partial charge is 0.289 e. The predicted octanol–water partition coefficient (Wildman–Crippen LogP) is -0.734. The lowest BCUT2D eigenvalue weighted by Crippen LogP contribution is -2.30. The number of nitrogens with zero attached hydrogens (tertiary/aromatic N) is 4. The molecular weight excluding hydrogens is 196 g/mol. The first kappa shape index (κ1) is 9.28. The van der Waals surface area contributed by atoms with Crippen LogP contribution in [0.4, 0.5) is 0 Å². The summed E-state index contributed by atoms with van der Waals surface area (Å²) in [5.41, 5.74) is 2.85. The second kappa shape index (κ2) is 3.84. The Balaban J connectivity index is 2.32. The summed E-state index contributed by atoms with van der Waals surface area (Å²) >= 11 is 0. The van der Waals surface area contributed by atoms with Crippen molar-refractivity contribution < 1.29 is 4.79 Å². The highest BCUT2D eigenvalue weighted by molar-refractivity contribution is 5.91. The van der Waals surface area contributed by atoms with E-state index in [9.17, 15) is 4.79 Å². The Bertz CT molecular complexity index is 465.